The van der Waals surface area contributed by atoms with Crippen LogP contribution in [0.1, 0.15) is 130 Å². The highest BCUT2D eigenvalue weighted by molar-refractivity contribution is 6.01. The number of nitrogens with zero attached hydrogens (tertiary/aromatic N) is 6. The van der Waals surface area contributed by atoms with Gasteiger partial charge in [0.2, 0.25) is 82.7 Å². The number of nitrogens with two attached hydrogens (primary N) is 5. The van der Waals surface area contributed by atoms with Gasteiger partial charge in [-0.15, -0.1) is 0 Å². The molecule has 4 heterocycles. The number of carboxylic acids is 1. The Kier molecular flexibility index (Phi) is 37.8. The molecule has 1 aromatic carbocycles. The summed E-state index contributed by atoms with van der Waals surface area (Å²) in [5.74, 6) is -14.7. The van der Waals surface area contributed by atoms with E-state index in [1.54, 1.807) is 58.0 Å². The first-order valence-electron chi connectivity index (χ1n) is 38.1. The SMILES string of the molecule is CC(C)C[C@H](NC(=O)[C@@H]1CCCN1C(=O)[C@H](CCCN=C(N)N)NC(=O)[C@@H]1CCCN1C(=O)[C@H](CO)NC(=O)CNC(=O)[C@H](Cc1ccccc1)NC(=O)[C@H](CO)NC(=O)[C@H](Cc1cnc[nH]1)NC(=O)[C@H](C)NC(=O)[C@H](CCCN=C(N)N)NC(=O)[C@@H](N)CO)C(=O)N1CCC[C@H]1C(=O)N[C@H](C(=O)N[C@H](C(=O)O)C(C)C)C(C)C. The molecule has 2 aromatic rings. The maximum Gasteiger partial charge on any atom is 0.326 e. The van der Waals surface area contributed by atoms with Crippen LogP contribution in [-0.4, -0.2) is 289 Å². The molecular formula is C72H115N23O19. The van der Waals surface area contributed by atoms with Crippen LogP contribution in [0.15, 0.2) is 52.8 Å². The number of aromatic nitrogens is 2. The Hall–Kier alpha value is -11.1. The minimum Gasteiger partial charge on any atom is -0.480 e. The number of H-pyrrole nitrogens is 1. The second kappa shape index (κ2) is 46.1. The Bertz CT molecular complexity index is 3690. The lowest BCUT2D eigenvalue weighted by Crippen LogP contribution is -2.60. The predicted molar refractivity (Wildman–Crippen MR) is 410 cm³/mol. The summed E-state index contributed by atoms with van der Waals surface area (Å²) in [6.45, 7) is 8.09. The Morgan fingerprint density at radius 1 is 0.500 bits per heavy atom. The number of aliphatic hydroxyl groups is 3. The number of hydrogen-bond acceptors (Lipinski definition) is 22. The number of rotatable bonds is 45. The zero-order valence-electron chi connectivity index (χ0n) is 65.4. The van der Waals surface area contributed by atoms with Crippen molar-refractivity contribution in [3.8, 4) is 0 Å². The number of aliphatic carboxylic acids is 1. The zero-order chi connectivity index (χ0) is 84.6. The topological polar surface area (TPSA) is 663 Å². The van der Waals surface area contributed by atoms with Crippen molar-refractivity contribution < 1.29 is 92.3 Å². The van der Waals surface area contributed by atoms with Gasteiger partial charge in [-0.1, -0.05) is 71.9 Å². The fraction of sp³-hybridized carbons (Fsp3) is 0.639. The molecule has 26 N–H and O–H groups in total. The molecule has 0 spiro atoms. The lowest BCUT2D eigenvalue weighted by atomic mass is 9.99. The molecule has 42 heteroatoms. The van der Waals surface area contributed by atoms with Crippen molar-refractivity contribution in [2.24, 2.45) is 56.4 Å². The van der Waals surface area contributed by atoms with Crippen LogP contribution in [0.3, 0.4) is 0 Å². The van der Waals surface area contributed by atoms with Gasteiger partial charge in [-0.05, 0) is 101 Å². The number of benzene rings is 1. The average Bonchev–Trinajstić information content (AvgIpc) is 1.64. The summed E-state index contributed by atoms with van der Waals surface area (Å²) in [6.07, 6.45) is 3.86. The zero-order valence-corrected chi connectivity index (χ0v) is 65.4. The normalized spacial score (nSPS) is 18.2. The molecule has 0 saturated carbocycles. The largest absolute Gasteiger partial charge is 0.480 e. The first-order chi connectivity index (χ1) is 54.0. The smallest absolute Gasteiger partial charge is 0.326 e. The fourth-order valence-electron chi connectivity index (χ4n) is 13.2. The van der Waals surface area contributed by atoms with Gasteiger partial charge in [0.15, 0.2) is 11.9 Å². The second-order valence-electron chi connectivity index (χ2n) is 29.5. The van der Waals surface area contributed by atoms with Crippen LogP contribution in [0.2, 0.25) is 0 Å². The van der Waals surface area contributed by atoms with Crippen LogP contribution < -0.4 is 87.2 Å². The molecule has 3 saturated heterocycles. The Morgan fingerprint density at radius 2 is 0.965 bits per heavy atom. The number of nitrogens with one attached hydrogen (secondary N) is 12. The van der Waals surface area contributed by atoms with E-state index in [0.717, 1.165) is 4.90 Å². The van der Waals surface area contributed by atoms with E-state index < -0.39 is 211 Å². The van der Waals surface area contributed by atoms with Crippen LogP contribution in [0.25, 0.3) is 0 Å². The molecule has 1 aromatic heterocycles. The number of aliphatic hydroxyl groups excluding tert-OH is 3. The van der Waals surface area contributed by atoms with Crippen molar-refractivity contribution in [3.63, 3.8) is 0 Å². The van der Waals surface area contributed by atoms with Crippen molar-refractivity contribution in [1.82, 2.24) is 83.2 Å². The fourth-order valence-corrected chi connectivity index (χ4v) is 13.2. The monoisotopic (exact) mass is 1610 g/mol. The van der Waals surface area contributed by atoms with E-state index in [1.807, 2.05) is 13.8 Å². The summed E-state index contributed by atoms with van der Waals surface area (Å²) in [6, 6.07) is -10.8. The quantitative estimate of drug-likeness (QED) is 0.0166. The number of carbonyl (C=O) groups is 15. The molecule has 14 atom stereocenters. The van der Waals surface area contributed by atoms with Gasteiger partial charge in [0.05, 0.1) is 32.7 Å². The number of hydrogen-bond donors (Lipinski definition) is 21. The number of aromatic amines is 1. The molecule has 5 rings (SSSR count). The molecule has 114 heavy (non-hydrogen) atoms. The number of carbonyl (C=O) groups excluding carboxylic acids is 14. The lowest BCUT2D eigenvalue weighted by Gasteiger charge is -2.33. The van der Waals surface area contributed by atoms with Gasteiger partial charge >= 0.3 is 5.97 Å². The van der Waals surface area contributed by atoms with Crippen molar-refractivity contribution in [2.75, 3.05) is 59.1 Å². The van der Waals surface area contributed by atoms with Gasteiger partial charge < -0.3 is 127 Å². The molecule has 3 aliphatic heterocycles. The van der Waals surface area contributed by atoms with E-state index in [9.17, 15) is 92.3 Å². The Balaban J connectivity index is 1.25. The molecule has 0 unspecified atom stereocenters. The molecule has 0 bridgehead atoms. The van der Waals surface area contributed by atoms with Crippen LogP contribution in [0.4, 0.5) is 0 Å². The van der Waals surface area contributed by atoms with Gasteiger partial charge in [0, 0.05) is 57.5 Å². The van der Waals surface area contributed by atoms with Gasteiger partial charge in [-0.25, -0.2) is 9.78 Å². The summed E-state index contributed by atoms with van der Waals surface area (Å²) >= 11 is 0. The minimum atomic E-state index is -1.80. The van der Waals surface area contributed by atoms with Crippen molar-refractivity contribution in [2.45, 2.75) is 217 Å². The number of carboxylic acid groups (broad SMARTS) is 1. The van der Waals surface area contributed by atoms with Gasteiger partial charge in [0.25, 0.3) is 0 Å². The average molecular weight is 1610 g/mol. The van der Waals surface area contributed by atoms with Crippen molar-refractivity contribution in [1.29, 1.82) is 0 Å². The van der Waals surface area contributed by atoms with E-state index in [1.165, 1.54) is 29.2 Å². The van der Waals surface area contributed by atoms with E-state index in [-0.39, 0.29) is 121 Å². The molecular weight excluding hydrogens is 1490 g/mol. The van der Waals surface area contributed by atoms with Crippen molar-refractivity contribution >= 4 is 101 Å². The standard InChI is InChI=1S/C72H115N23O19/c1-37(2)28-48(68(111)94-26-15-22-53(94)65(108)91-55(38(3)4)66(109)92-56(39(5)6)70(113)114)89-64(107)52-21-13-25-93(52)67(110)45(19-12-24-80-72(76)77)86-63(106)51-20-14-27-95(51)69(112)50(35-98)84-54(99)32-81-59(102)46(29-41-16-9-8-10-17-41)88-62(105)49(34-97)90-61(104)47(30-42-31-78-36-82-42)87-57(100)40(7)83-60(103)44(18-11-23-79-71(74)75)85-58(101)43(73)33-96/h8-10,16-17,31,36-40,43-53,55-56,96-98H,11-15,18-30,32-35,73H2,1-7H3,(H,78,82)(H,81,102)(H,83,103)(H,84,99)(H,85,101)(H,86,106)(H,87,100)(H,88,105)(H,89,107)(H,90,104)(H,91,108)(H,92,109)(H,113,114)(H4,74,75,79)(H4,76,77,80)/t40-,43-,44-,45-,46-,47-,48-,49-,50-,51-,52-,53-,55-,56-/m0/s1. The highest BCUT2D eigenvalue weighted by Gasteiger charge is 2.45. The van der Waals surface area contributed by atoms with E-state index in [4.69, 9.17) is 28.7 Å². The third kappa shape index (κ3) is 28.8. The van der Waals surface area contributed by atoms with E-state index >= 15 is 0 Å². The van der Waals surface area contributed by atoms with E-state index in [2.05, 4.69) is 78.4 Å². The van der Waals surface area contributed by atoms with Crippen molar-refractivity contribution in [3.05, 3.63) is 54.1 Å². The number of aliphatic imine (C=N–C) groups is 2. The maximum absolute atomic E-state index is 14.9. The van der Waals surface area contributed by atoms with Crippen LogP contribution in [0.5, 0.6) is 0 Å². The summed E-state index contributed by atoms with van der Waals surface area (Å²) in [4.78, 5) is 226. The molecule has 0 radical (unpaired) electrons. The Labute approximate surface area is 659 Å². The number of imidazole rings is 1. The number of likely N-dealkylation sites (tertiary alicyclic amines) is 3. The summed E-state index contributed by atoms with van der Waals surface area (Å²) < 4.78 is 0. The summed E-state index contributed by atoms with van der Waals surface area (Å²) in [7, 11) is 0. The molecule has 3 fully saturated rings. The Morgan fingerprint density at radius 3 is 1.46 bits per heavy atom. The van der Waals surface area contributed by atoms with Gasteiger partial charge in [-0.2, -0.15) is 0 Å². The summed E-state index contributed by atoms with van der Waals surface area (Å²) in [5.41, 5.74) is 28.4. The third-order valence-electron chi connectivity index (χ3n) is 19.3. The molecule has 632 valence electrons. The van der Waals surface area contributed by atoms with Gasteiger partial charge in [-0.3, -0.25) is 77.1 Å². The first kappa shape index (κ1) is 93.5. The number of guanidine groups is 2. The molecule has 42 nitrogen and oxygen atoms in total. The highest BCUT2D eigenvalue weighted by atomic mass is 16.4. The number of amides is 14. The summed E-state index contributed by atoms with van der Waals surface area (Å²) in [5, 5.41) is 68.1. The molecule has 0 aliphatic carbocycles. The maximum atomic E-state index is 14.9. The lowest BCUT2D eigenvalue weighted by molar-refractivity contribution is -0.146. The third-order valence-corrected chi connectivity index (χ3v) is 19.3. The predicted octanol–water partition coefficient (Wildman–Crippen LogP) is -7.99. The van der Waals surface area contributed by atoms with Gasteiger partial charge in [0.1, 0.15) is 84.6 Å². The molecule has 14 amide bonds. The van der Waals surface area contributed by atoms with Crippen LogP contribution in [0, 0.1) is 17.8 Å². The highest BCUT2D eigenvalue weighted by Crippen LogP contribution is 2.26. The van der Waals surface area contributed by atoms with E-state index in [0.29, 0.717) is 24.1 Å². The second-order valence-corrected chi connectivity index (χ2v) is 29.5. The first-order valence-corrected chi connectivity index (χ1v) is 38.1. The van der Waals surface area contributed by atoms with Crippen LogP contribution >= 0.6 is 0 Å². The molecule has 3 aliphatic rings. The van der Waals surface area contributed by atoms with Crippen LogP contribution in [-0.2, 0) is 84.8 Å². The minimum absolute atomic E-state index is 0.0184.